The number of carbonyl (C=O) groups is 1. The third kappa shape index (κ3) is 3.59. The first-order valence-electron chi connectivity index (χ1n) is 8.09. The van der Waals surface area contributed by atoms with Gasteiger partial charge >= 0.3 is 5.97 Å². The van der Waals surface area contributed by atoms with Gasteiger partial charge in [-0.2, -0.15) is 0 Å². The Hall–Kier alpha value is -2.59. The normalized spacial score (nSPS) is 10.7. The summed E-state index contributed by atoms with van der Waals surface area (Å²) in [5.74, 6) is -0.413. The molecule has 3 aromatic rings. The SMILES string of the molecule is CCOC(=O)c1cnc2ccc(Cl)cc2c1Nc1ccc(C)cc1C. The highest BCUT2D eigenvalue weighted by Gasteiger charge is 2.17. The number of halogens is 1. The number of esters is 1. The maximum Gasteiger partial charge on any atom is 0.341 e. The molecule has 0 aliphatic heterocycles. The lowest BCUT2D eigenvalue weighted by molar-refractivity contribution is 0.0527. The summed E-state index contributed by atoms with van der Waals surface area (Å²) < 4.78 is 5.18. The van der Waals surface area contributed by atoms with Crippen LogP contribution in [0, 0.1) is 13.8 Å². The number of aryl methyl sites for hydroxylation is 2. The first-order chi connectivity index (χ1) is 12.0. The van der Waals surface area contributed by atoms with E-state index in [2.05, 4.69) is 16.4 Å². The average Bonchev–Trinajstić information content (AvgIpc) is 2.57. The van der Waals surface area contributed by atoms with Crippen molar-refractivity contribution in [3.63, 3.8) is 0 Å². The molecule has 1 N–H and O–H groups in total. The Kier molecular flexibility index (Phi) is 4.91. The number of ether oxygens (including phenoxy) is 1. The monoisotopic (exact) mass is 354 g/mol. The second kappa shape index (κ2) is 7.11. The molecule has 0 atom stereocenters. The molecule has 0 unspecified atom stereocenters. The maximum absolute atomic E-state index is 12.4. The minimum atomic E-state index is -0.413. The van der Waals surface area contributed by atoms with Crippen LogP contribution in [0.25, 0.3) is 10.9 Å². The number of nitrogens with one attached hydrogen (secondary N) is 1. The number of pyridine rings is 1. The standard InChI is InChI=1S/C20H19ClN2O2/c1-4-25-20(24)16-11-22-18-8-6-14(21)10-15(18)19(16)23-17-7-5-12(2)9-13(17)3/h5-11H,4H2,1-3H3,(H,22,23). The fourth-order valence-corrected chi connectivity index (χ4v) is 2.92. The molecule has 128 valence electrons. The molecule has 0 aliphatic rings. The van der Waals surface area contributed by atoms with Crippen LogP contribution in [0.2, 0.25) is 5.02 Å². The number of nitrogens with zero attached hydrogens (tertiary/aromatic N) is 1. The fraction of sp³-hybridized carbons (Fsp3) is 0.200. The molecule has 0 aliphatic carbocycles. The van der Waals surface area contributed by atoms with Crippen molar-refractivity contribution in [2.75, 3.05) is 11.9 Å². The Bertz CT molecular complexity index is 954. The molecule has 0 fully saturated rings. The van der Waals surface area contributed by atoms with E-state index in [9.17, 15) is 4.79 Å². The number of anilines is 2. The Balaban J connectivity index is 2.19. The van der Waals surface area contributed by atoms with E-state index in [1.54, 1.807) is 25.3 Å². The molecule has 5 heteroatoms. The van der Waals surface area contributed by atoms with Crippen LogP contribution in [0.3, 0.4) is 0 Å². The van der Waals surface area contributed by atoms with Crippen molar-refractivity contribution in [2.45, 2.75) is 20.8 Å². The smallest absolute Gasteiger partial charge is 0.341 e. The Morgan fingerprint density at radius 2 is 2.00 bits per heavy atom. The largest absolute Gasteiger partial charge is 0.462 e. The third-order valence-electron chi connectivity index (χ3n) is 3.97. The van der Waals surface area contributed by atoms with E-state index in [0.29, 0.717) is 22.9 Å². The zero-order valence-electron chi connectivity index (χ0n) is 14.4. The van der Waals surface area contributed by atoms with Crippen molar-refractivity contribution in [3.8, 4) is 0 Å². The van der Waals surface area contributed by atoms with E-state index in [4.69, 9.17) is 16.3 Å². The number of benzene rings is 2. The molecule has 0 spiro atoms. The zero-order valence-corrected chi connectivity index (χ0v) is 15.1. The van der Waals surface area contributed by atoms with E-state index in [-0.39, 0.29) is 0 Å². The van der Waals surface area contributed by atoms with Gasteiger partial charge in [-0.1, -0.05) is 29.3 Å². The number of rotatable bonds is 4. The molecule has 0 saturated carbocycles. The molecule has 1 heterocycles. The molecule has 0 bridgehead atoms. The minimum Gasteiger partial charge on any atom is -0.462 e. The van der Waals surface area contributed by atoms with Gasteiger partial charge < -0.3 is 10.1 Å². The van der Waals surface area contributed by atoms with Crippen LogP contribution in [0.5, 0.6) is 0 Å². The summed E-state index contributed by atoms with van der Waals surface area (Å²) in [5.41, 5.74) is 4.97. The lowest BCUT2D eigenvalue weighted by atomic mass is 10.1. The fourth-order valence-electron chi connectivity index (χ4n) is 2.75. The van der Waals surface area contributed by atoms with Crippen LogP contribution >= 0.6 is 11.6 Å². The Labute approximate surface area is 151 Å². The zero-order chi connectivity index (χ0) is 18.0. The highest BCUT2D eigenvalue weighted by Crippen LogP contribution is 2.32. The van der Waals surface area contributed by atoms with Gasteiger partial charge in [-0.3, -0.25) is 4.98 Å². The topological polar surface area (TPSA) is 51.2 Å². The average molecular weight is 355 g/mol. The van der Waals surface area contributed by atoms with E-state index < -0.39 is 5.97 Å². The summed E-state index contributed by atoms with van der Waals surface area (Å²) in [6.07, 6.45) is 1.54. The van der Waals surface area contributed by atoms with Gasteiger partial charge in [0, 0.05) is 22.3 Å². The summed E-state index contributed by atoms with van der Waals surface area (Å²) in [5, 5.41) is 4.74. The van der Waals surface area contributed by atoms with Crippen molar-refractivity contribution in [1.82, 2.24) is 4.98 Å². The summed E-state index contributed by atoms with van der Waals surface area (Å²) in [7, 11) is 0. The van der Waals surface area contributed by atoms with Crippen molar-refractivity contribution < 1.29 is 9.53 Å². The number of hydrogen-bond donors (Lipinski definition) is 1. The number of aromatic nitrogens is 1. The number of hydrogen-bond acceptors (Lipinski definition) is 4. The Morgan fingerprint density at radius 1 is 1.20 bits per heavy atom. The van der Waals surface area contributed by atoms with Crippen LogP contribution in [0.1, 0.15) is 28.4 Å². The van der Waals surface area contributed by atoms with Gasteiger partial charge in [0.2, 0.25) is 0 Å². The molecule has 25 heavy (non-hydrogen) atoms. The van der Waals surface area contributed by atoms with Crippen LogP contribution in [0.4, 0.5) is 11.4 Å². The molecule has 3 rings (SSSR count). The van der Waals surface area contributed by atoms with Gasteiger partial charge in [0.15, 0.2) is 0 Å². The lowest BCUT2D eigenvalue weighted by Gasteiger charge is -2.16. The van der Waals surface area contributed by atoms with Gasteiger partial charge in [0.05, 0.1) is 17.8 Å². The van der Waals surface area contributed by atoms with Crippen LogP contribution in [0.15, 0.2) is 42.6 Å². The molecule has 1 aromatic heterocycles. The van der Waals surface area contributed by atoms with Crippen molar-refractivity contribution in [1.29, 1.82) is 0 Å². The first-order valence-corrected chi connectivity index (χ1v) is 8.47. The van der Waals surface area contributed by atoms with Gasteiger partial charge in [0.1, 0.15) is 5.56 Å². The summed E-state index contributed by atoms with van der Waals surface area (Å²) in [6, 6.07) is 11.5. The van der Waals surface area contributed by atoms with Crippen molar-refractivity contribution in [3.05, 3.63) is 64.3 Å². The predicted molar refractivity (Wildman–Crippen MR) is 102 cm³/mol. The van der Waals surface area contributed by atoms with Crippen LogP contribution < -0.4 is 5.32 Å². The van der Waals surface area contributed by atoms with E-state index >= 15 is 0 Å². The maximum atomic E-state index is 12.4. The highest BCUT2D eigenvalue weighted by atomic mass is 35.5. The molecule has 0 radical (unpaired) electrons. The van der Waals surface area contributed by atoms with Crippen molar-refractivity contribution >= 4 is 39.8 Å². The number of fused-ring (bicyclic) bond motifs is 1. The quantitative estimate of drug-likeness (QED) is 0.635. The summed E-state index contributed by atoms with van der Waals surface area (Å²) in [6.45, 7) is 6.15. The van der Waals surface area contributed by atoms with Crippen LogP contribution in [-0.4, -0.2) is 17.6 Å². The Morgan fingerprint density at radius 3 is 2.72 bits per heavy atom. The lowest BCUT2D eigenvalue weighted by Crippen LogP contribution is -2.09. The van der Waals surface area contributed by atoms with Crippen LogP contribution in [-0.2, 0) is 4.74 Å². The second-order valence-electron chi connectivity index (χ2n) is 5.87. The first kappa shape index (κ1) is 17.2. The molecule has 0 saturated heterocycles. The van der Waals surface area contributed by atoms with E-state index in [1.165, 1.54) is 5.56 Å². The van der Waals surface area contributed by atoms with E-state index in [0.717, 1.165) is 22.2 Å². The minimum absolute atomic E-state index is 0.301. The molecule has 2 aromatic carbocycles. The van der Waals surface area contributed by atoms with Gasteiger partial charge in [-0.05, 0) is 50.6 Å². The third-order valence-corrected chi connectivity index (χ3v) is 4.20. The molecule has 4 nitrogen and oxygen atoms in total. The molecular weight excluding hydrogens is 336 g/mol. The summed E-state index contributed by atoms with van der Waals surface area (Å²) >= 11 is 6.17. The molecular formula is C20H19ClN2O2. The van der Waals surface area contributed by atoms with Gasteiger partial charge in [0.25, 0.3) is 0 Å². The molecule has 0 amide bonds. The number of carbonyl (C=O) groups excluding carboxylic acids is 1. The van der Waals surface area contributed by atoms with Gasteiger partial charge in [-0.25, -0.2) is 4.79 Å². The second-order valence-corrected chi connectivity index (χ2v) is 6.31. The van der Waals surface area contributed by atoms with E-state index in [1.807, 2.05) is 32.0 Å². The summed E-state index contributed by atoms with van der Waals surface area (Å²) in [4.78, 5) is 16.8. The van der Waals surface area contributed by atoms with Gasteiger partial charge in [-0.15, -0.1) is 0 Å². The predicted octanol–water partition coefficient (Wildman–Crippen LogP) is 5.43. The van der Waals surface area contributed by atoms with Crippen molar-refractivity contribution in [2.24, 2.45) is 0 Å². The highest BCUT2D eigenvalue weighted by molar-refractivity contribution is 6.31.